The number of carbonyl (C=O) groups excluding carboxylic acids is 1. The molecule has 0 bridgehead atoms. The van der Waals surface area contributed by atoms with Gasteiger partial charge in [-0.1, -0.05) is 35.9 Å². The van der Waals surface area contributed by atoms with Crippen LogP contribution in [-0.4, -0.2) is 44.3 Å². The zero-order chi connectivity index (χ0) is 22.0. The van der Waals surface area contributed by atoms with Crippen molar-refractivity contribution >= 4 is 11.7 Å². The molecule has 3 heterocycles. The van der Waals surface area contributed by atoms with Crippen molar-refractivity contribution in [3.63, 3.8) is 0 Å². The second kappa shape index (κ2) is 8.85. The number of allylic oxidation sites excluding steroid dienone is 1. The first-order valence-corrected chi connectivity index (χ1v) is 10.5. The van der Waals surface area contributed by atoms with Gasteiger partial charge in [-0.15, -0.1) is 11.7 Å². The zero-order valence-electron chi connectivity index (χ0n) is 17.9. The SMILES string of the molecule is C=CCn1c(C)c(CC(=O)NCC2CCCO2)c(=O)n2nc(-c3ccc(C)cc3)nc12. The van der Waals surface area contributed by atoms with Crippen LogP contribution in [0.4, 0.5) is 0 Å². The Hall–Kier alpha value is -3.26. The molecule has 1 atom stereocenters. The summed E-state index contributed by atoms with van der Waals surface area (Å²) in [6, 6.07) is 7.81. The number of fused-ring (bicyclic) bond motifs is 1. The molecule has 4 rings (SSSR count). The van der Waals surface area contributed by atoms with E-state index in [0.29, 0.717) is 35.9 Å². The summed E-state index contributed by atoms with van der Waals surface area (Å²) < 4.78 is 8.70. The molecule has 0 saturated carbocycles. The van der Waals surface area contributed by atoms with Crippen LogP contribution in [0, 0.1) is 13.8 Å². The van der Waals surface area contributed by atoms with Crippen LogP contribution in [-0.2, 0) is 22.5 Å². The molecule has 1 unspecified atom stereocenters. The number of nitrogens with one attached hydrogen (secondary N) is 1. The molecule has 1 aliphatic heterocycles. The van der Waals surface area contributed by atoms with Crippen molar-refractivity contribution in [2.75, 3.05) is 13.2 Å². The summed E-state index contributed by atoms with van der Waals surface area (Å²) in [6.07, 6.45) is 3.72. The summed E-state index contributed by atoms with van der Waals surface area (Å²) in [4.78, 5) is 30.4. The molecular formula is C23H27N5O3. The molecule has 3 aromatic rings. The summed E-state index contributed by atoms with van der Waals surface area (Å²) in [5.41, 5.74) is 2.72. The van der Waals surface area contributed by atoms with E-state index in [1.54, 1.807) is 6.08 Å². The Morgan fingerprint density at radius 1 is 1.32 bits per heavy atom. The lowest BCUT2D eigenvalue weighted by Crippen LogP contribution is -2.35. The van der Waals surface area contributed by atoms with E-state index in [1.165, 1.54) is 4.52 Å². The van der Waals surface area contributed by atoms with Gasteiger partial charge in [-0.2, -0.15) is 9.50 Å². The highest BCUT2D eigenvalue weighted by atomic mass is 16.5. The van der Waals surface area contributed by atoms with E-state index in [2.05, 4.69) is 22.0 Å². The molecule has 1 fully saturated rings. The second-order valence-electron chi connectivity index (χ2n) is 7.90. The lowest BCUT2D eigenvalue weighted by Gasteiger charge is -2.15. The maximum Gasteiger partial charge on any atom is 0.279 e. The standard InChI is InChI=1S/C23H27N5O3/c1-4-11-27-16(3)19(13-20(29)24-14-18-6-5-12-31-18)22(30)28-23(27)25-21(26-28)17-9-7-15(2)8-10-17/h4,7-10,18H,1,5-6,11-14H2,2-3H3,(H,24,29). The first kappa shape index (κ1) is 21.0. The van der Waals surface area contributed by atoms with E-state index in [4.69, 9.17) is 4.74 Å². The smallest absolute Gasteiger partial charge is 0.279 e. The molecule has 1 N–H and O–H groups in total. The minimum atomic E-state index is -0.328. The molecule has 2 aromatic heterocycles. The minimum absolute atomic E-state index is 0.0236. The van der Waals surface area contributed by atoms with Gasteiger partial charge < -0.3 is 14.6 Å². The van der Waals surface area contributed by atoms with Gasteiger partial charge in [0, 0.05) is 36.5 Å². The van der Waals surface area contributed by atoms with E-state index in [9.17, 15) is 9.59 Å². The molecule has 1 saturated heterocycles. The highest BCUT2D eigenvalue weighted by Crippen LogP contribution is 2.18. The fourth-order valence-electron chi connectivity index (χ4n) is 3.84. The number of ether oxygens (including phenoxy) is 1. The van der Waals surface area contributed by atoms with Crippen LogP contribution in [0.2, 0.25) is 0 Å². The van der Waals surface area contributed by atoms with Gasteiger partial charge in [0.1, 0.15) is 0 Å². The van der Waals surface area contributed by atoms with E-state index < -0.39 is 0 Å². The summed E-state index contributed by atoms with van der Waals surface area (Å²) in [5.74, 6) is 0.690. The predicted octanol–water partition coefficient (Wildman–Crippen LogP) is 2.20. The third kappa shape index (κ3) is 4.29. The van der Waals surface area contributed by atoms with Gasteiger partial charge in [-0.05, 0) is 26.7 Å². The van der Waals surface area contributed by atoms with Gasteiger partial charge >= 0.3 is 0 Å². The number of hydrogen-bond acceptors (Lipinski definition) is 5. The lowest BCUT2D eigenvalue weighted by molar-refractivity contribution is -0.121. The number of aryl methyl sites for hydroxylation is 1. The van der Waals surface area contributed by atoms with E-state index in [-0.39, 0.29) is 24.0 Å². The molecular weight excluding hydrogens is 394 g/mol. The Morgan fingerprint density at radius 3 is 2.77 bits per heavy atom. The fraction of sp³-hybridized carbons (Fsp3) is 0.391. The fourth-order valence-corrected chi connectivity index (χ4v) is 3.84. The van der Waals surface area contributed by atoms with E-state index in [0.717, 1.165) is 30.6 Å². The average Bonchev–Trinajstić information content (AvgIpc) is 3.43. The van der Waals surface area contributed by atoms with Crippen LogP contribution < -0.4 is 10.9 Å². The minimum Gasteiger partial charge on any atom is -0.376 e. The van der Waals surface area contributed by atoms with E-state index >= 15 is 0 Å². The van der Waals surface area contributed by atoms with Crippen LogP contribution in [0.25, 0.3) is 17.2 Å². The van der Waals surface area contributed by atoms with Gasteiger partial charge in [-0.25, -0.2) is 0 Å². The van der Waals surface area contributed by atoms with Crippen LogP contribution in [0.5, 0.6) is 0 Å². The molecule has 162 valence electrons. The maximum absolute atomic E-state index is 13.2. The summed E-state index contributed by atoms with van der Waals surface area (Å²) >= 11 is 0. The topological polar surface area (TPSA) is 90.5 Å². The molecule has 8 heteroatoms. The third-order valence-electron chi connectivity index (χ3n) is 5.63. The van der Waals surface area contributed by atoms with Crippen LogP contribution in [0.1, 0.15) is 29.7 Å². The molecule has 0 aliphatic carbocycles. The number of carbonyl (C=O) groups is 1. The average molecular weight is 422 g/mol. The summed E-state index contributed by atoms with van der Waals surface area (Å²) in [6.45, 7) is 9.30. The van der Waals surface area contributed by atoms with Gasteiger partial charge in [-0.3, -0.25) is 9.59 Å². The molecule has 8 nitrogen and oxygen atoms in total. The first-order valence-electron chi connectivity index (χ1n) is 10.5. The maximum atomic E-state index is 13.2. The van der Waals surface area contributed by atoms with E-state index in [1.807, 2.05) is 42.7 Å². The summed E-state index contributed by atoms with van der Waals surface area (Å²) in [5, 5.41) is 7.35. The highest BCUT2D eigenvalue weighted by Gasteiger charge is 2.21. The molecule has 1 amide bonds. The van der Waals surface area contributed by atoms with Gasteiger partial charge in [0.05, 0.1) is 12.5 Å². The molecule has 31 heavy (non-hydrogen) atoms. The number of benzene rings is 1. The van der Waals surface area contributed by atoms with Crippen molar-refractivity contribution in [2.24, 2.45) is 0 Å². The van der Waals surface area contributed by atoms with Crippen molar-refractivity contribution in [3.05, 3.63) is 64.1 Å². The Balaban J connectivity index is 1.69. The zero-order valence-corrected chi connectivity index (χ0v) is 17.9. The Labute approximate surface area is 180 Å². The van der Waals surface area contributed by atoms with Gasteiger partial charge in [0.2, 0.25) is 11.7 Å². The molecule has 1 aromatic carbocycles. The van der Waals surface area contributed by atoms with Crippen LogP contribution >= 0.6 is 0 Å². The number of nitrogens with zero attached hydrogens (tertiary/aromatic N) is 4. The summed E-state index contributed by atoms with van der Waals surface area (Å²) in [7, 11) is 0. The Kier molecular flexibility index (Phi) is 5.99. The van der Waals surface area contributed by atoms with Crippen molar-refractivity contribution < 1.29 is 9.53 Å². The predicted molar refractivity (Wildman–Crippen MR) is 118 cm³/mol. The number of amides is 1. The van der Waals surface area contributed by atoms with Crippen molar-refractivity contribution in [3.8, 4) is 11.4 Å². The normalized spacial score (nSPS) is 16.0. The largest absolute Gasteiger partial charge is 0.376 e. The van der Waals surface area contributed by atoms with Crippen LogP contribution in [0.3, 0.4) is 0 Å². The third-order valence-corrected chi connectivity index (χ3v) is 5.63. The van der Waals surface area contributed by atoms with Gasteiger partial charge in [0.15, 0.2) is 5.82 Å². The molecule has 0 radical (unpaired) electrons. The monoisotopic (exact) mass is 421 g/mol. The Bertz CT molecular complexity index is 1170. The first-order chi connectivity index (χ1) is 15.0. The van der Waals surface area contributed by atoms with Crippen molar-refractivity contribution in [1.29, 1.82) is 0 Å². The quantitative estimate of drug-likeness (QED) is 0.591. The number of rotatable bonds is 7. The van der Waals surface area contributed by atoms with Gasteiger partial charge in [0.25, 0.3) is 5.56 Å². The van der Waals surface area contributed by atoms with Crippen molar-refractivity contribution in [1.82, 2.24) is 24.5 Å². The second-order valence-corrected chi connectivity index (χ2v) is 7.90. The highest BCUT2D eigenvalue weighted by molar-refractivity contribution is 5.78. The number of aromatic nitrogens is 4. The molecule has 1 aliphatic rings. The molecule has 0 spiro atoms. The van der Waals surface area contributed by atoms with Crippen molar-refractivity contribution in [2.45, 2.75) is 45.8 Å². The number of hydrogen-bond donors (Lipinski definition) is 1. The lowest BCUT2D eigenvalue weighted by atomic mass is 10.1. The van der Waals surface area contributed by atoms with Crippen LogP contribution in [0.15, 0.2) is 41.7 Å². The Morgan fingerprint density at radius 2 is 2.10 bits per heavy atom.